The third-order valence-corrected chi connectivity index (χ3v) is 3.78. The predicted octanol–water partition coefficient (Wildman–Crippen LogP) is 3.17. The average molecular weight is 351 g/mol. The van der Waals surface area contributed by atoms with Gasteiger partial charge in [-0.2, -0.15) is 4.98 Å². The number of nitrogens with one attached hydrogen (secondary N) is 1. The van der Waals surface area contributed by atoms with Gasteiger partial charge in [-0.15, -0.1) is 0 Å². The molecule has 0 unspecified atom stereocenters. The van der Waals surface area contributed by atoms with E-state index < -0.39 is 0 Å². The summed E-state index contributed by atoms with van der Waals surface area (Å²) in [5, 5.41) is 6.76. The number of hydrogen-bond acceptors (Lipinski definition) is 5. The highest BCUT2D eigenvalue weighted by Gasteiger charge is 2.10. The van der Waals surface area contributed by atoms with Crippen molar-refractivity contribution in [2.75, 3.05) is 13.2 Å². The topological polar surface area (TPSA) is 77.2 Å². The number of nitrogens with zero attached hydrogens (tertiary/aromatic N) is 2. The maximum atomic E-state index is 11.9. The lowest BCUT2D eigenvalue weighted by molar-refractivity contribution is -0.121. The zero-order chi connectivity index (χ0) is 18.2. The molecule has 1 amide bonds. The molecular formula is C20H21N3O3. The van der Waals surface area contributed by atoms with Crippen molar-refractivity contribution >= 4 is 5.91 Å². The molecule has 1 N–H and O–H groups in total. The predicted molar refractivity (Wildman–Crippen MR) is 97.7 cm³/mol. The molecule has 0 fully saturated rings. The van der Waals surface area contributed by atoms with Crippen LogP contribution in [0.5, 0.6) is 5.75 Å². The molecule has 26 heavy (non-hydrogen) atoms. The van der Waals surface area contributed by atoms with Crippen LogP contribution in [0.3, 0.4) is 0 Å². The van der Waals surface area contributed by atoms with E-state index in [-0.39, 0.29) is 5.91 Å². The van der Waals surface area contributed by atoms with Crippen LogP contribution in [0.15, 0.2) is 59.1 Å². The Balaban J connectivity index is 1.36. The van der Waals surface area contributed by atoms with Crippen LogP contribution in [0, 0.1) is 6.92 Å². The SMILES string of the molecule is Cc1ccc(OCCNC(=O)CCc2nc(-c3ccccc3)no2)cc1. The number of aryl methyl sites for hydroxylation is 2. The first kappa shape index (κ1) is 17.7. The van der Waals surface area contributed by atoms with Crippen LogP contribution in [-0.2, 0) is 11.2 Å². The van der Waals surface area contributed by atoms with Crippen LogP contribution in [0.4, 0.5) is 0 Å². The first-order valence-electron chi connectivity index (χ1n) is 8.55. The van der Waals surface area contributed by atoms with Crippen molar-refractivity contribution in [2.24, 2.45) is 0 Å². The van der Waals surface area contributed by atoms with Gasteiger partial charge in [0.2, 0.25) is 17.6 Å². The first-order chi connectivity index (χ1) is 12.7. The molecule has 0 spiro atoms. The summed E-state index contributed by atoms with van der Waals surface area (Å²) in [6.07, 6.45) is 0.700. The van der Waals surface area contributed by atoms with E-state index in [2.05, 4.69) is 15.5 Å². The molecule has 0 aliphatic carbocycles. The highest BCUT2D eigenvalue weighted by Crippen LogP contribution is 2.15. The molecule has 3 rings (SSSR count). The van der Waals surface area contributed by atoms with E-state index in [0.29, 0.717) is 37.7 Å². The second-order valence-electron chi connectivity index (χ2n) is 5.89. The lowest BCUT2D eigenvalue weighted by Crippen LogP contribution is -2.28. The van der Waals surface area contributed by atoms with Crippen molar-refractivity contribution in [2.45, 2.75) is 19.8 Å². The van der Waals surface area contributed by atoms with Crippen molar-refractivity contribution in [3.8, 4) is 17.1 Å². The molecule has 0 saturated carbocycles. The fourth-order valence-corrected chi connectivity index (χ4v) is 2.36. The summed E-state index contributed by atoms with van der Waals surface area (Å²) >= 11 is 0. The molecule has 3 aromatic rings. The van der Waals surface area contributed by atoms with E-state index in [9.17, 15) is 4.79 Å². The van der Waals surface area contributed by atoms with Gasteiger partial charge in [0.05, 0.1) is 6.54 Å². The van der Waals surface area contributed by atoms with E-state index in [1.165, 1.54) is 5.56 Å². The van der Waals surface area contributed by atoms with Gasteiger partial charge in [-0.1, -0.05) is 53.2 Å². The summed E-state index contributed by atoms with van der Waals surface area (Å²) in [5.41, 5.74) is 2.07. The second-order valence-corrected chi connectivity index (χ2v) is 5.89. The van der Waals surface area contributed by atoms with Gasteiger partial charge in [-0.25, -0.2) is 0 Å². The summed E-state index contributed by atoms with van der Waals surface area (Å²) < 4.78 is 10.8. The highest BCUT2D eigenvalue weighted by molar-refractivity contribution is 5.76. The van der Waals surface area contributed by atoms with Crippen LogP contribution in [-0.4, -0.2) is 29.2 Å². The van der Waals surface area contributed by atoms with Crippen LogP contribution in [0.2, 0.25) is 0 Å². The zero-order valence-corrected chi connectivity index (χ0v) is 14.6. The quantitative estimate of drug-likeness (QED) is 0.631. The molecular weight excluding hydrogens is 330 g/mol. The van der Waals surface area contributed by atoms with Crippen LogP contribution in [0.25, 0.3) is 11.4 Å². The second kappa shape index (κ2) is 8.80. The molecule has 2 aromatic carbocycles. The van der Waals surface area contributed by atoms with E-state index in [1.807, 2.05) is 61.5 Å². The van der Waals surface area contributed by atoms with E-state index in [4.69, 9.17) is 9.26 Å². The Bertz CT molecular complexity index is 829. The molecule has 6 heteroatoms. The molecule has 0 aliphatic heterocycles. The van der Waals surface area contributed by atoms with Gasteiger partial charge >= 0.3 is 0 Å². The van der Waals surface area contributed by atoms with Crippen molar-refractivity contribution in [1.82, 2.24) is 15.5 Å². The number of rotatable bonds is 8. The van der Waals surface area contributed by atoms with Gasteiger partial charge in [0.15, 0.2) is 0 Å². The fourth-order valence-electron chi connectivity index (χ4n) is 2.36. The minimum atomic E-state index is -0.0723. The Morgan fingerprint density at radius 3 is 2.65 bits per heavy atom. The molecule has 0 radical (unpaired) electrons. The van der Waals surface area contributed by atoms with E-state index in [1.54, 1.807) is 0 Å². The van der Waals surface area contributed by atoms with E-state index in [0.717, 1.165) is 11.3 Å². The van der Waals surface area contributed by atoms with Gasteiger partial charge in [0, 0.05) is 18.4 Å². The Morgan fingerprint density at radius 2 is 1.88 bits per heavy atom. The molecule has 0 saturated heterocycles. The summed E-state index contributed by atoms with van der Waals surface area (Å²) in [5.74, 6) is 1.71. The monoisotopic (exact) mass is 351 g/mol. The number of carbonyl (C=O) groups is 1. The largest absolute Gasteiger partial charge is 0.492 e. The zero-order valence-electron chi connectivity index (χ0n) is 14.6. The number of hydrogen-bond donors (Lipinski definition) is 1. The third kappa shape index (κ3) is 5.17. The Morgan fingerprint density at radius 1 is 1.12 bits per heavy atom. The molecule has 1 heterocycles. The van der Waals surface area contributed by atoms with Crippen LogP contribution < -0.4 is 10.1 Å². The van der Waals surface area contributed by atoms with Gasteiger partial charge in [0.1, 0.15) is 12.4 Å². The van der Waals surface area contributed by atoms with Crippen molar-refractivity contribution in [3.63, 3.8) is 0 Å². The lowest BCUT2D eigenvalue weighted by atomic mass is 10.2. The molecule has 1 aromatic heterocycles. The summed E-state index contributed by atoms with van der Waals surface area (Å²) in [6.45, 7) is 2.90. The fraction of sp³-hybridized carbons (Fsp3) is 0.250. The number of carbonyl (C=O) groups excluding carboxylic acids is 1. The van der Waals surface area contributed by atoms with Crippen LogP contribution in [0.1, 0.15) is 17.9 Å². The van der Waals surface area contributed by atoms with Gasteiger partial charge < -0.3 is 14.6 Å². The molecule has 0 bridgehead atoms. The number of aromatic nitrogens is 2. The normalized spacial score (nSPS) is 10.5. The molecule has 0 aliphatic rings. The lowest BCUT2D eigenvalue weighted by Gasteiger charge is -2.07. The average Bonchev–Trinajstić information content (AvgIpc) is 3.15. The standard InChI is InChI=1S/C20H21N3O3/c1-15-7-9-17(10-8-15)25-14-13-21-18(24)11-12-19-22-20(23-26-19)16-5-3-2-4-6-16/h2-10H,11-14H2,1H3,(H,21,24). The number of benzene rings is 2. The maximum absolute atomic E-state index is 11.9. The van der Waals surface area contributed by atoms with E-state index >= 15 is 0 Å². The van der Waals surface area contributed by atoms with Crippen molar-refractivity contribution < 1.29 is 14.1 Å². The maximum Gasteiger partial charge on any atom is 0.227 e. The first-order valence-corrected chi connectivity index (χ1v) is 8.55. The number of amides is 1. The third-order valence-electron chi connectivity index (χ3n) is 3.78. The Labute approximate surface area is 152 Å². The summed E-state index contributed by atoms with van der Waals surface area (Å²) in [7, 11) is 0. The summed E-state index contributed by atoms with van der Waals surface area (Å²) in [4.78, 5) is 16.2. The Hall–Kier alpha value is -3.15. The Kier molecular flexibility index (Phi) is 5.98. The smallest absolute Gasteiger partial charge is 0.227 e. The van der Waals surface area contributed by atoms with Crippen LogP contribution >= 0.6 is 0 Å². The van der Waals surface area contributed by atoms with Crippen molar-refractivity contribution in [3.05, 3.63) is 66.1 Å². The van der Waals surface area contributed by atoms with Gasteiger partial charge in [-0.3, -0.25) is 4.79 Å². The summed E-state index contributed by atoms with van der Waals surface area (Å²) in [6, 6.07) is 17.4. The molecule has 0 atom stereocenters. The van der Waals surface area contributed by atoms with Crippen molar-refractivity contribution in [1.29, 1.82) is 0 Å². The highest BCUT2D eigenvalue weighted by atomic mass is 16.5. The minimum absolute atomic E-state index is 0.0723. The number of ether oxygens (including phenoxy) is 1. The molecule has 6 nitrogen and oxygen atoms in total. The molecule has 134 valence electrons. The van der Waals surface area contributed by atoms with Gasteiger partial charge in [0.25, 0.3) is 0 Å². The van der Waals surface area contributed by atoms with Gasteiger partial charge in [-0.05, 0) is 19.1 Å². The minimum Gasteiger partial charge on any atom is -0.492 e.